The fraction of sp³-hybridized carbons (Fsp3) is 0.364. The van der Waals surface area contributed by atoms with E-state index >= 15 is 0 Å². The van der Waals surface area contributed by atoms with Gasteiger partial charge in [-0.25, -0.2) is 4.98 Å². The van der Waals surface area contributed by atoms with E-state index in [0.29, 0.717) is 22.5 Å². The molecule has 0 radical (unpaired) electrons. The lowest BCUT2D eigenvalue weighted by atomic mass is 9.87. The van der Waals surface area contributed by atoms with E-state index in [2.05, 4.69) is 25.8 Å². The number of aliphatic hydroxyl groups is 1. The minimum absolute atomic E-state index is 0.0832. The smallest absolute Gasteiger partial charge is 0.261 e. The zero-order chi connectivity index (χ0) is 19.6. The van der Waals surface area contributed by atoms with Gasteiger partial charge in [0.15, 0.2) is 0 Å². The van der Waals surface area contributed by atoms with Gasteiger partial charge in [0.25, 0.3) is 5.56 Å². The Morgan fingerprint density at radius 2 is 1.78 bits per heavy atom. The van der Waals surface area contributed by atoms with Crippen molar-refractivity contribution >= 4 is 10.9 Å². The fourth-order valence-corrected chi connectivity index (χ4v) is 3.00. The van der Waals surface area contributed by atoms with Crippen LogP contribution >= 0.6 is 0 Å². The number of para-hydroxylation sites is 1. The van der Waals surface area contributed by atoms with Crippen LogP contribution in [0.3, 0.4) is 0 Å². The molecule has 1 N–H and O–H groups in total. The number of benzene rings is 2. The fourth-order valence-electron chi connectivity index (χ4n) is 3.00. The summed E-state index contributed by atoms with van der Waals surface area (Å²) in [7, 11) is 0. The Bertz CT molecular complexity index is 985. The van der Waals surface area contributed by atoms with Gasteiger partial charge in [0.2, 0.25) is 0 Å². The molecule has 0 aliphatic rings. The molecule has 0 spiro atoms. The van der Waals surface area contributed by atoms with Crippen LogP contribution in [-0.4, -0.2) is 27.4 Å². The first kappa shape index (κ1) is 19.1. The number of ether oxygens (including phenoxy) is 1. The number of nitrogens with zero attached hydrogens (tertiary/aromatic N) is 2. The highest BCUT2D eigenvalue weighted by atomic mass is 16.5. The average molecular weight is 366 g/mol. The maximum Gasteiger partial charge on any atom is 0.261 e. The second-order valence-electron chi connectivity index (χ2n) is 7.83. The van der Waals surface area contributed by atoms with Crippen LogP contribution in [0.1, 0.15) is 32.2 Å². The third kappa shape index (κ3) is 4.37. The molecule has 0 fully saturated rings. The Kier molecular flexibility index (Phi) is 5.33. The zero-order valence-electron chi connectivity index (χ0n) is 16.3. The summed E-state index contributed by atoms with van der Waals surface area (Å²) in [6.45, 7) is 8.49. The van der Waals surface area contributed by atoms with Crippen LogP contribution < -0.4 is 10.3 Å². The van der Waals surface area contributed by atoms with Gasteiger partial charge in [-0.15, -0.1) is 0 Å². The Hall–Kier alpha value is -2.66. The molecule has 0 aliphatic carbocycles. The predicted molar refractivity (Wildman–Crippen MR) is 107 cm³/mol. The maximum atomic E-state index is 12.7. The molecule has 0 amide bonds. The van der Waals surface area contributed by atoms with Crippen LogP contribution in [0.5, 0.6) is 5.75 Å². The normalized spacial score (nSPS) is 12.9. The number of aromatic nitrogens is 2. The maximum absolute atomic E-state index is 12.7. The first-order valence-corrected chi connectivity index (χ1v) is 9.13. The average Bonchev–Trinajstić information content (AvgIpc) is 2.63. The van der Waals surface area contributed by atoms with Gasteiger partial charge < -0.3 is 9.84 Å². The summed E-state index contributed by atoms with van der Waals surface area (Å²) in [6.07, 6.45) is -0.813. The molecular formula is C22H26N2O3. The molecule has 0 aliphatic heterocycles. The molecule has 0 saturated carbocycles. The van der Waals surface area contributed by atoms with Crippen molar-refractivity contribution in [3.8, 4) is 5.75 Å². The monoisotopic (exact) mass is 366 g/mol. The molecule has 1 aromatic heterocycles. The largest absolute Gasteiger partial charge is 0.491 e. The van der Waals surface area contributed by atoms with Crippen molar-refractivity contribution in [2.24, 2.45) is 0 Å². The Morgan fingerprint density at radius 1 is 1.11 bits per heavy atom. The van der Waals surface area contributed by atoms with E-state index in [9.17, 15) is 9.90 Å². The topological polar surface area (TPSA) is 64.4 Å². The summed E-state index contributed by atoms with van der Waals surface area (Å²) in [6, 6.07) is 15.1. The molecule has 3 rings (SSSR count). The van der Waals surface area contributed by atoms with E-state index in [1.165, 1.54) is 10.1 Å². The van der Waals surface area contributed by atoms with Crippen molar-refractivity contribution in [2.75, 3.05) is 6.61 Å². The van der Waals surface area contributed by atoms with Gasteiger partial charge in [0.05, 0.1) is 17.4 Å². The molecule has 1 unspecified atom stereocenters. The summed E-state index contributed by atoms with van der Waals surface area (Å²) in [5, 5.41) is 10.9. The van der Waals surface area contributed by atoms with Crippen molar-refractivity contribution in [1.82, 2.24) is 9.55 Å². The number of aliphatic hydroxyl groups excluding tert-OH is 1. The lowest BCUT2D eigenvalue weighted by molar-refractivity contribution is 0.0909. The predicted octanol–water partition coefficient (Wildman–Crippen LogP) is 3.44. The van der Waals surface area contributed by atoms with Crippen LogP contribution in [0.4, 0.5) is 0 Å². The molecule has 5 heteroatoms. The summed E-state index contributed by atoms with van der Waals surface area (Å²) < 4.78 is 7.19. The van der Waals surface area contributed by atoms with Crippen molar-refractivity contribution in [2.45, 2.75) is 45.8 Å². The molecular weight excluding hydrogens is 340 g/mol. The molecule has 27 heavy (non-hydrogen) atoms. The first-order chi connectivity index (χ1) is 12.8. The molecule has 1 atom stereocenters. The van der Waals surface area contributed by atoms with E-state index < -0.39 is 6.10 Å². The van der Waals surface area contributed by atoms with E-state index in [-0.39, 0.29) is 24.1 Å². The van der Waals surface area contributed by atoms with Gasteiger partial charge in [-0.2, -0.15) is 0 Å². The number of hydrogen-bond donors (Lipinski definition) is 1. The van der Waals surface area contributed by atoms with Gasteiger partial charge in [-0.3, -0.25) is 9.36 Å². The highest BCUT2D eigenvalue weighted by molar-refractivity contribution is 5.77. The molecule has 5 nitrogen and oxygen atoms in total. The van der Waals surface area contributed by atoms with Gasteiger partial charge in [0, 0.05) is 0 Å². The molecule has 1 heterocycles. The number of rotatable bonds is 5. The molecule has 3 aromatic rings. The van der Waals surface area contributed by atoms with E-state index in [1.807, 2.05) is 42.5 Å². The Morgan fingerprint density at radius 3 is 2.44 bits per heavy atom. The van der Waals surface area contributed by atoms with E-state index in [4.69, 9.17) is 4.74 Å². The summed E-state index contributed by atoms with van der Waals surface area (Å²) in [5.74, 6) is 1.27. The van der Waals surface area contributed by atoms with Crippen molar-refractivity contribution < 1.29 is 9.84 Å². The molecule has 0 bridgehead atoms. The quantitative estimate of drug-likeness (QED) is 0.751. The number of hydrogen-bond acceptors (Lipinski definition) is 4. The number of aryl methyl sites for hydroxylation is 1. The van der Waals surface area contributed by atoms with Gasteiger partial charge in [-0.1, -0.05) is 45.0 Å². The Balaban J connectivity index is 1.69. The van der Waals surface area contributed by atoms with Gasteiger partial charge >= 0.3 is 0 Å². The van der Waals surface area contributed by atoms with Gasteiger partial charge in [-0.05, 0) is 42.2 Å². The minimum atomic E-state index is -0.813. The van der Waals surface area contributed by atoms with E-state index in [0.717, 1.165) is 0 Å². The lowest BCUT2D eigenvalue weighted by Gasteiger charge is -2.20. The highest BCUT2D eigenvalue weighted by Gasteiger charge is 2.15. The SMILES string of the molecule is Cc1nc2ccccc2c(=O)n1CC(O)COc1ccc(C(C)(C)C)cc1. The lowest BCUT2D eigenvalue weighted by Crippen LogP contribution is -2.32. The van der Waals surface area contributed by atoms with Crippen molar-refractivity contribution in [3.63, 3.8) is 0 Å². The summed E-state index contributed by atoms with van der Waals surface area (Å²) >= 11 is 0. The first-order valence-electron chi connectivity index (χ1n) is 9.13. The molecule has 2 aromatic carbocycles. The second kappa shape index (κ2) is 7.53. The van der Waals surface area contributed by atoms with Crippen LogP contribution in [-0.2, 0) is 12.0 Å². The van der Waals surface area contributed by atoms with Crippen LogP contribution in [0.2, 0.25) is 0 Å². The van der Waals surface area contributed by atoms with Crippen molar-refractivity contribution in [3.05, 3.63) is 70.3 Å². The van der Waals surface area contributed by atoms with Crippen LogP contribution in [0.15, 0.2) is 53.3 Å². The second-order valence-corrected chi connectivity index (χ2v) is 7.83. The zero-order valence-corrected chi connectivity index (χ0v) is 16.3. The van der Waals surface area contributed by atoms with Crippen molar-refractivity contribution in [1.29, 1.82) is 0 Å². The third-order valence-electron chi connectivity index (χ3n) is 4.61. The molecule has 0 saturated heterocycles. The standard InChI is InChI=1S/C22H26N2O3/c1-15-23-20-8-6-5-7-19(20)21(26)24(15)13-17(25)14-27-18-11-9-16(10-12-18)22(2,3)4/h5-12,17,25H,13-14H2,1-4H3. The van der Waals surface area contributed by atoms with Gasteiger partial charge in [0.1, 0.15) is 24.3 Å². The minimum Gasteiger partial charge on any atom is -0.491 e. The summed E-state index contributed by atoms with van der Waals surface area (Å²) in [4.78, 5) is 17.1. The van der Waals surface area contributed by atoms with Crippen LogP contribution in [0, 0.1) is 6.92 Å². The molecule has 142 valence electrons. The Labute approximate surface area is 159 Å². The van der Waals surface area contributed by atoms with Crippen LogP contribution in [0.25, 0.3) is 10.9 Å². The van der Waals surface area contributed by atoms with E-state index in [1.54, 1.807) is 13.0 Å². The number of fused-ring (bicyclic) bond motifs is 1. The highest BCUT2D eigenvalue weighted by Crippen LogP contribution is 2.24. The third-order valence-corrected chi connectivity index (χ3v) is 4.61. The summed E-state index contributed by atoms with van der Waals surface area (Å²) in [5.41, 5.74) is 1.83.